The Hall–Kier alpha value is -0.340. The highest BCUT2D eigenvalue weighted by Crippen LogP contribution is 2.64. The molecule has 2 heteroatoms. The fourth-order valence-corrected chi connectivity index (χ4v) is 6.71. The highest BCUT2D eigenvalue weighted by Gasteiger charge is 2.60. The summed E-state index contributed by atoms with van der Waals surface area (Å²) in [5, 5.41) is 10.4. The SMILES string of the molecule is CC1(C)CCCC2(C)C3CCC4(C)C(O)COC4C3=CCC12. The van der Waals surface area contributed by atoms with Crippen LogP contribution in [0, 0.1) is 28.1 Å². The molecule has 6 unspecified atom stereocenters. The van der Waals surface area contributed by atoms with E-state index in [4.69, 9.17) is 4.74 Å². The van der Waals surface area contributed by atoms with E-state index in [2.05, 4.69) is 33.8 Å². The van der Waals surface area contributed by atoms with E-state index in [9.17, 15) is 5.11 Å². The number of rotatable bonds is 0. The minimum Gasteiger partial charge on any atom is -0.390 e. The summed E-state index contributed by atoms with van der Waals surface area (Å²) in [6.07, 6.45) is 10.1. The van der Waals surface area contributed by atoms with Crippen molar-refractivity contribution in [1.82, 2.24) is 0 Å². The van der Waals surface area contributed by atoms with E-state index >= 15 is 0 Å². The number of hydrogen-bond acceptors (Lipinski definition) is 2. The number of hydrogen-bond donors (Lipinski definition) is 1. The zero-order valence-corrected chi connectivity index (χ0v) is 14.7. The Kier molecular flexibility index (Phi) is 3.18. The first kappa shape index (κ1) is 15.2. The normalized spacial score (nSPS) is 53.2. The van der Waals surface area contributed by atoms with Gasteiger partial charge in [-0.25, -0.2) is 0 Å². The van der Waals surface area contributed by atoms with Crippen molar-refractivity contribution in [2.24, 2.45) is 28.1 Å². The minimum absolute atomic E-state index is 0.0459. The fourth-order valence-electron chi connectivity index (χ4n) is 6.71. The van der Waals surface area contributed by atoms with Gasteiger partial charge >= 0.3 is 0 Å². The maximum Gasteiger partial charge on any atom is 0.0868 e. The Morgan fingerprint density at radius 2 is 1.86 bits per heavy atom. The Bertz CT molecular complexity index is 508. The van der Waals surface area contributed by atoms with Crippen molar-refractivity contribution in [3.05, 3.63) is 11.6 Å². The molecule has 1 heterocycles. The molecule has 4 aliphatic rings. The number of aliphatic hydroxyl groups excluding tert-OH is 1. The Balaban J connectivity index is 1.73. The third-order valence-electron chi connectivity index (χ3n) is 8.12. The van der Waals surface area contributed by atoms with Gasteiger partial charge in [0.15, 0.2) is 0 Å². The predicted octanol–water partition coefficient (Wildman–Crippen LogP) is 4.33. The summed E-state index contributed by atoms with van der Waals surface area (Å²) in [7, 11) is 0. The Morgan fingerprint density at radius 3 is 2.64 bits per heavy atom. The largest absolute Gasteiger partial charge is 0.390 e. The number of allylic oxidation sites excluding steroid dienone is 1. The highest BCUT2D eigenvalue weighted by molar-refractivity contribution is 5.29. The quantitative estimate of drug-likeness (QED) is 0.675. The van der Waals surface area contributed by atoms with Gasteiger partial charge in [0.1, 0.15) is 0 Å². The molecular weight excluding hydrogens is 272 g/mol. The molecule has 124 valence electrons. The summed E-state index contributed by atoms with van der Waals surface area (Å²) in [5.74, 6) is 1.48. The summed E-state index contributed by atoms with van der Waals surface area (Å²) in [6, 6.07) is 0. The van der Waals surface area contributed by atoms with Gasteiger partial charge in [0.25, 0.3) is 0 Å². The van der Waals surface area contributed by atoms with Gasteiger partial charge in [-0.05, 0) is 60.3 Å². The molecule has 2 saturated carbocycles. The van der Waals surface area contributed by atoms with Crippen LogP contribution in [0.25, 0.3) is 0 Å². The van der Waals surface area contributed by atoms with Crippen molar-refractivity contribution >= 4 is 0 Å². The van der Waals surface area contributed by atoms with Crippen LogP contribution in [-0.2, 0) is 4.74 Å². The lowest BCUT2D eigenvalue weighted by Gasteiger charge is -2.60. The van der Waals surface area contributed by atoms with Crippen LogP contribution >= 0.6 is 0 Å². The first-order valence-corrected chi connectivity index (χ1v) is 9.29. The van der Waals surface area contributed by atoms with Gasteiger partial charge < -0.3 is 9.84 Å². The summed E-state index contributed by atoms with van der Waals surface area (Å²) >= 11 is 0. The molecule has 22 heavy (non-hydrogen) atoms. The molecule has 1 aliphatic heterocycles. The van der Waals surface area contributed by atoms with Crippen LogP contribution in [0.2, 0.25) is 0 Å². The van der Waals surface area contributed by atoms with Gasteiger partial charge in [-0.1, -0.05) is 40.2 Å². The van der Waals surface area contributed by atoms with Gasteiger partial charge in [0, 0.05) is 5.41 Å². The molecule has 3 aliphatic carbocycles. The third kappa shape index (κ3) is 1.80. The standard InChI is InChI=1S/C20H32O2/c1-18(2)9-5-10-19(3)14-8-11-20(4)16(21)12-22-17(20)13(14)6-7-15(18)19/h6,14-17,21H,5,7-12H2,1-4H3. The summed E-state index contributed by atoms with van der Waals surface area (Å²) < 4.78 is 6.10. The van der Waals surface area contributed by atoms with Crippen molar-refractivity contribution in [2.75, 3.05) is 6.61 Å². The van der Waals surface area contributed by atoms with Crippen LogP contribution in [0.4, 0.5) is 0 Å². The maximum absolute atomic E-state index is 10.4. The molecule has 3 fully saturated rings. The Labute approximate surface area is 135 Å². The second kappa shape index (κ2) is 4.60. The lowest BCUT2D eigenvalue weighted by Crippen LogP contribution is -2.54. The molecule has 0 aromatic carbocycles. The van der Waals surface area contributed by atoms with E-state index in [-0.39, 0.29) is 17.6 Å². The zero-order chi connectivity index (χ0) is 15.8. The predicted molar refractivity (Wildman–Crippen MR) is 88.5 cm³/mol. The van der Waals surface area contributed by atoms with Crippen LogP contribution in [0.15, 0.2) is 11.6 Å². The first-order chi connectivity index (χ1) is 10.3. The fraction of sp³-hybridized carbons (Fsp3) is 0.900. The van der Waals surface area contributed by atoms with E-state index in [1.165, 1.54) is 32.1 Å². The Morgan fingerprint density at radius 1 is 1.09 bits per heavy atom. The van der Waals surface area contributed by atoms with Crippen LogP contribution in [0.5, 0.6) is 0 Å². The lowest BCUT2D eigenvalue weighted by molar-refractivity contribution is -0.0729. The van der Waals surface area contributed by atoms with Gasteiger partial charge in [0.2, 0.25) is 0 Å². The molecular formula is C20H32O2. The minimum atomic E-state index is -0.285. The van der Waals surface area contributed by atoms with Gasteiger partial charge in [-0.2, -0.15) is 0 Å². The van der Waals surface area contributed by atoms with Crippen LogP contribution < -0.4 is 0 Å². The summed E-state index contributed by atoms with van der Waals surface area (Å²) in [5.41, 5.74) is 2.40. The monoisotopic (exact) mass is 304 g/mol. The zero-order valence-electron chi connectivity index (χ0n) is 14.7. The summed E-state index contributed by atoms with van der Waals surface area (Å²) in [4.78, 5) is 0. The topological polar surface area (TPSA) is 29.5 Å². The van der Waals surface area contributed by atoms with Crippen LogP contribution in [-0.4, -0.2) is 23.9 Å². The number of fused-ring (bicyclic) bond motifs is 5. The molecule has 0 aromatic heterocycles. The molecule has 0 radical (unpaired) electrons. The summed E-state index contributed by atoms with van der Waals surface area (Å²) in [6.45, 7) is 10.3. The molecule has 0 amide bonds. The molecule has 0 bridgehead atoms. The first-order valence-electron chi connectivity index (χ1n) is 9.29. The van der Waals surface area contributed by atoms with E-state index in [1.54, 1.807) is 5.57 Å². The number of aliphatic hydroxyl groups is 1. The third-order valence-corrected chi connectivity index (χ3v) is 8.12. The van der Waals surface area contributed by atoms with Crippen molar-refractivity contribution < 1.29 is 9.84 Å². The maximum atomic E-state index is 10.4. The average Bonchev–Trinajstić information content (AvgIpc) is 2.74. The van der Waals surface area contributed by atoms with Gasteiger partial charge in [-0.15, -0.1) is 0 Å². The molecule has 1 N–H and O–H groups in total. The average molecular weight is 304 g/mol. The van der Waals surface area contributed by atoms with Crippen molar-refractivity contribution in [2.45, 2.75) is 78.4 Å². The van der Waals surface area contributed by atoms with Crippen molar-refractivity contribution in [3.8, 4) is 0 Å². The van der Waals surface area contributed by atoms with Crippen LogP contribution in [0.3, 0.4) is 0 Å². The molecule has 4 rings (SSSR count). The molecule has 6 atom stereocenters. The molecule has 1 saturated heterocycles. The molecule has 0 aromatic rings. The van der Waals surface area contributed by atoms with Crippen molar-refractivity contribution in [3.63, 3.8) is 0 Å². The lowest BCUT2D eigenvalue weighted by atomic mass is 9.45. The molecule has 2 nitrogen and oxygen atoms in total. The second-order valence-corrected chi connectivity index (χ2v) is 9.67. The van der Waals surface area contributed by atoms with Crippen molar-refractivity contribution in [1.29, 1.82) is 0 Å². The van der Waals surface area contributed by atoms with Gasteiger partial charge in [-0.3, -0.25) is 0 Å². The molecule has 0 spiro atoms. The van der Waals surface area contributed by atoms with E-state index < -0.39 is 0 Å². The second-order valence-electron chi connectivity index (χ2n) is 9.67. The number of ether oxygens (including phenoxy) is 1. The van der Waals surface area contributed by atoms with E-state index in [0.717, 1.165) is 12.3 Å². The van der Waals surface area contributed by atoms with Gasteiger partial charge in [0.05, 0.1) is 18.8 Å². The highest BCUT2D eigenvalue weighted by atomic mass is 16.5. The smallest absolute Gasteiger partial charge is 0.0868 e. The van der Waals surface area contributed by atoms with E-state index in [0.29, 0.717) is 23.4 Å². The van der Waals surface area contributed by atoms with Crippen LogP contribution in [0.1, 0.15) is 66.2 Å². The van der Waals surface area contributed by atoms with E-state index in [1.807, 2.05) is 0 Å².